The molecule has 4 heteroatoms. The predicted octanol–water partition coefficient (Wildman–Crippen LogP) is 1.67. The number of rotatable bonds is 2. The molecule has 1 aromatic rings. The fourth-order valence-corrected chi connectivity index (χ4v) is 2.98. The Bertz CT molecular complexity index is 328. The summed E-state index contributed by atoms with van der Waals surface area (Å²) in [4.78, 5) is 11.4. The van der Waals surface area contributed by atoms with E-state index in [4.69, 9.17) is 0 Å². The van der Waals surface area contributed by atoms with E-state index in [1.54, 1.807) is 11.8 Å². The number of carbonyl (C=O) groups is 1. The highest BCUT2D eigenvalue weighted by Crippen LogP contribution is 2.28. The molecule has 0 bridgehead atoms. The van der Waals surface area contributed by atoms with E-state index < -0.39 is 0 Å². The van der Waals surface area contributed by atoms with Crippen molar-refractivity contribution in [3.05, 3.63) is 35.9 Å². The monoisotopic (exact) mass is 225 g/mol. The molecule has 1 N–H and O–H groups in total. The van der Waals surface area contributed by atoms with Crippen LogP contribution in [-0.2, 0) is 11.2 Å². The van der Waals surface area contributed by atoms with E-state index in [9.17, 15) is 4.79 Å². The van der Waals surface area contributed by atoms with Crippen molar-refractivity contribution in [2.45, 2.75) is 16.4 Å². The molecular formula is C10H11NOS2. The molecule has 1 fully saturated rings. The van der Waals surface area contributed by atoms with Gasteiger partial charge in [-0.2, -0.15) is 0 Å². The standard InChI is InChI=1S/C10H11NOS2/c12-9-8(14-10(13)11-9)6-7-4-2-1-3-5-7/h1-5,8,10,13H,6H2,(H,11,12). The third-order valence-electron chi connectivity index (χ3n) is 2.12. The summed E-state index contributed by atoms with van der Waals surface area (Å²) in [5, 5.41) is 2.79. The Morgan fingerprint density at radius 2 is 2.07 bits per heavy atom. The highest BCUT2D eigenvalue weighted by atomic mass is 32.2. The van der Waals surface area contributed by atoms with Gasteiger partial charge in [-0.25, -0.2) is 0 Å². The summed E-state index contributed by atoms with van der Waals surface area (Å²) in [5.41, 5.74) is 1.20. The molecule has 1 saturated heterocycles. The maximum Gasteiger partial charge on any atom is 0.235 e. The van der Waals surface area contributed by atoms with Gasteiger partial charge in [0.2, 0.25) is 5.91 Å². The van der Waals surface area contributed by atoms with Gasteiger partial charge in [0, 0.05) is 0 Å². The SMILES string of the molecule is O=C1NC(S)SC1Cc1ccccc1. The number of hydrogen-bond acceptors (Lipinski definition) is 3. The smallest absolute Gasteiger partial charge is 0.235 e. The second kappa shape index (κ2) is 4.28. The molecule has 1 amide bonds. The molecule has 1 heterocycles. The zero-order chi connectivity index (χ0) is 9.97. The first-order chi connectivity index (χ1) is 6.75. The van der Waals surface area contributed by atoms with Crippen molar-refractivity contribution in [1.29, 1.82) is 0 Å². The summed E-state index contributed by atoms with van der Waals surface area (Å²) >= 11 is 5.78. The normalized spacial score (nSPS) is 26.2. The number of benzene rings is 1. The van der Waals surface area contributed by atoms with Gasteiger partial charge in [-0.1, -0.05) is 30.3 Å². The second-order valence-electron chi connectivity index (χ2n) is 3.18. The number of carbonyl (C=O) groups excluding carboxylic acids is 1. The van der Waals surface area contributed by atoms with Gasteiger partial charge in [-0.3, -0.25) is 4.79 Å². The van der Waals surface area contributed by atoms with Crippen molar-refractivity contribution in [2.24, 2.45) is 0 Å². The largest absolute Gasteiger partial charge is 0.335 e. The Labute approximate surface area is 92.9 Å². The van der Waals surface area contributed by atoms with Gasteiger partial charge in [-0.15, -0.1) is 24.4 Å². The van der Waals surface area contributed by atoms with Crippen LogP contribution >= 0.6 is 24.4 Å². The first-order valence-electron chi connectivity index (χ1n) is 4.43. The molecule has 0 aromatic heterocycles. The van der Waals surface area contributed by atoms with E-state index in [-0.39, 0.29) is 15.9 Å². The average molecular weight is 225 g/mol. The molecular weight excluding hydrogens is 214 g/mol. The van der Waals surface area contributed by atoms with Gasteiger partial charge in [0.25, 0.3) is 0 Å². The number of nitrogens with one attached hydrogen (secondary N) is 1. The van der Waals surface area contributed by atoms with Gasteiger partial charge >= 0.3 is 0 Å². The van der Waals surface area contributed by atoms with Crippen LogP contribution in [0.4, 0.5) is 0 Å². The molecule has 1 aliphatic heterocycles. The Morgan fingerprint density at radius 3 is 2.64 bits per heavy atom. The number of thioether (sulfide) groups is 1. The van der Waals surface area contributed by atoms with Gasteiger partial charge in [-0.05, 0) is 12.0 Å². The maximum absolute atomic E-state index is 11.4. The van der Waals surface area contributed by atoms with Crippen molar-refractivity contribution >= 4 is 30.3 Å². The molecule has 1 aromatic carbocycles. The van der Waals surface area contributed by atoms with Crippen LogP contribution < -0.4 is 5.32 Å². The van der Waals surface area contributed by atoms with E-state index in [1.807, 2.05) is 30.3 Å². The lowest BCUT2D eigenvalue weighted by Gasteiger charge is -2.05. The van der Waals surface area contributed by atoms with Gasteiger partial charge in [0.1, 0.15) is 4.71 Å². The summed E-state index contributed by atoms with van der Waals surface area (Å²) in [5.74, 6) is 0.0962. The molecule has 1 aliphatic rings. The van der Waals surface area contributed by atoms with Crippen LogP contribution in [0.3, 0.4) is 0 Å². The Kier molecular flexibility index (Phi) is 3.03. The second-order valence-corrected chi connectivity index (χ2v) is 5.35. The fourth-order valence-electron chi connectivity index (χ4n) is 1.44. The molecule has 0 spiro atoms. The Morgan fingerprint density at radius 1 is 1.36 bits per heavy atom. The van der Waals surface area contributed by atoms with E-state index in [2.05, 4.69) is 17.9 Å². The molecule has 2 nitrogen and oxygen atoms in total. The zero-order valence-electron chi connectivity index (χ0n) is 7.51. The molecule has 0 aliphatic carbocycles. The lowest BCUT2D eigenvalue weighted by molar-refractivity contribution is -0.119. The Hall–Kier alpha value is -0.610. The highest BCUT2D eigenvalue weighted by molar-refractivity contribution is 8.11. The minimum absolute atomic E-state index is 0.0138. The first-order valence-corrected chi connectivity index (χ1v) is 5.89. The Balaban J connectivity index is 2.02. The van der Waals surface area contributed by atoms with Gasteiger partial charge in [0.05, 0.1) is 5.25 Å². The molecule has 0 radical (unpaired) electrons. The zero-order valence-corrected chi connectivity index (χ0v) is 9.22. The lowest BCUT2D eigenvalue weighted by atomic mass is 10.1. The first kappa shape index (κ1) is 9.93. The van der Waals surface area contributed by atoms with Gasteiger partial charge in [0.15, 0.2) is 0 Å². The van der Waals surface area contributed by atoms with Crippen LogP contribution in [0.1, 0.15) is 5.56 Å². The van der Waals surface area contributed by atoms with Crippen molar-refractivity contribution < 1.29 is 4.79 Å². The fraction of sp³-hybridized carbons (Fsp3) is 0.300. The lowest BCUT2D eigenvalue weighted by Crippen LogP contribution is -2.26. The summed E-state index contributed by atoms with van der Waals surface area (Å²) in [6.07, 6.45) is 0.786. The highest BCUT2D eigenvalue weighted by Gasteiger charge is 2.30. The van der Waals surface area contributed by atoms with Crippen molar-refractivity contribution in [1.82, 2.24) is 5.32 Å². The minimum Gasteiger partial charge on any atom is -0.335 e. The van der Waals surface area contributed by atoms with E-state index in [1.165, 1.54) is 5.56 Å². The topological polar surface area (TPSA) is 29.1 Å². The number of thiol groups is 1. The molecule has 2 rings (SSSR count). The van der Waals surface area contributed by atoms with Crippen LogP contribution in [0.25, 0.3) is 0 Å². The van der Waals surface area contributed by atoms with Crippen LogP contribution in [0.5, 0.6) is 0 Å². The molecule has 0 saturated carbocycles. The van der Waals surface area contributed by atoms with E-state index >= 15 is 0 Å². The van der Waals surface area contributed by atoms with Gasteiger partial charge < -0.3 is 5.32 Å². The van der Waals surface area contributed by atoms with Crippen molar-refractivity contribution in [3.8, 4) is 0 Å². The average Bonchev–Trinajstić information content (AvgIpc) is 2.47. The summed E-state index contributed by atoms with van der Waals surface area (Å²) < 4.78 is -0.0452. The number of amides is 1. The molecule has 74 valence electrons. The third kappa shape index (κ3) is 2.25. The van der Waals surface area contributed by atoms with Crippen molar-refractivity contribution in [3.63, 3.8) is 0 Å². The van der Waals surface area contributed by atoms with Crippen LogP contribution in [-0.4, -0.2) is 15.9 Å². The summed E-state index contributed by atoms with van der Waals surface area (Å²) in [6.45, 7) is 0. The molecule has 2 atom stereocenters. The summed E-state index contributed by atoms with van der Waals surface area (Å²) in [6, 6.07) is 10.0. The van der Waals surface area contributed by atoms with Crippen molar-refractivity contribution in [2.75, 3.05) is 0 Å². The predicted molar refractivity (Wildman–Crippen MR) is 62.4 cm³/mol. The van der Waals surface area contributed by atoms with E-state index in [0.29, 0.717) is 0 Å². The van der Waals surface area contributed by atoms with Crippen LogP contribution in [0.2, 0.25) is 0 Å². The molecule has 14 heavy (non-hydrogen) atoms. The third-order valence-corrected chi connectivity index (χ3v) is 3.69. The minimum atomic E-state index is -0.0452. The quantitative estimate of drug-likeness (QED) is 0.750. The maximum atomic E-state index is 11.4. The number of hydrogen-bond donors (Lipinski definition) is 2. The van der Waals surface area contributed by atoms with E-state index in [0.717, 1.165) is 6.42 Å². The molecule has 2 unspecified atom stereocenters. The van der Waals surface area contributed by atoms with Crippen LogP contribution in [0.15, 0.2) is 30.3 Å². The summed E-state index contributed by atoms with van der Waals surface area (Å²) in [7, 11) is 0. The van der Waals surface area contributed by atoms with Crippen LogP contribution in [0, 0.1) is 0 Å².